The summed E-state index contributed by atoms with van der Waals surface area (Å²) >= 11 is 0. The van der Waals surface area contributed by atoms with E-state index >= 15 is 0 Å². The summed E-state index contributed by atoms with van der Waals surface area (Å²) < 4.78 is 0. The molecule has 0 atom stereocenters. The Kier molecular flexibility index (Phi) is 2.68. The summed E-state index contributed by atoms with van der Waals surface area (Å²) in [4.78, 5) is 1.35. The standard InChI is InChI=1S/C10H14OS/c1-7-6-10(12(3)4)8(2)5-9(7)11/h5-6H,1-4H3/p+1. The zero-order valence-electron chi connectivity index (χ0n) is 8.01. The van der Waals surface area contributed by atoms with Crippen LogP contribution < -0.4 is 0 Å². The highest BCUT2D eigenvalue weighted by Crippen LogP contribution is 2.24. The molecule has 1 nitrogen and oxygen atoms in total. The van der Waals surface area contributed by atoms with Crippen LogP contribution in [0.4, 0.5) is 0 Å². The van der Waals surface area contributed by atoms with Gasteiger partial charge in [0.15, 0.2) is 4.90 Å². The van der Waals surface area contributed by atoms with Gasteiger partial charge in [0.05, 0.1) is 0 Å². The predicted molar refractivity (Wildman–Crippen MR) is 55.1 cm³/mol. The molecule has 0 spiro atoms. The summed E-state index contributed by atoms with van der Waals surface area (Å²) in [5, 5.41) is 9.41. The van der Waals surface area contributed by atoms with E-state index in [0.29, 0.717) is 5.75 Å². The lowest BCUT2D eigenvalue weighted by atomic mass is 10.1. The smallest absolute Gasteiger partial charge is 0.157 e. The predicted octanol–water partition coefficient (Wildman–Crippen LogP) is 2.25. The van der Waals surface area contributed by atoms with Crippen molar-refractivity contribution in [2.75, 3.05) is 12.5 Å². The largest absolute Gasteiger partial charge is 0.508 e. The molecule has 0 saturated carbocycles. The number of phenolic OH excluding ortho intramolecular Hbond substituents is 1. The first-order valence-corrected chi connectivity index (χ1v) is 5.94. The van der Waals surface area contributed by atoms with E-state index in [4.69, 9.17) is 0 Å². The lowest BCUT2D eigenvalue weighted by molar-refractivity contribution is 0.470. The first-order valence-electron chi connectivity index (χ1n) is 3.90. The van der Waals surface area contributed by atoms with Gasteiger partial charge in [-0.3, -0.25) is 0 Å². The van der Waals surface area contributed by atoms with Crippen LogP contribution >= 0.6 is 0 Å². The average Bonchev–Trinajstić information content (AvgIpc) is 1.96. The van der Waals surface area contributed by atoms with Crippen LogP contribution in [0.15, 0.2) is 17.0 Å². The molecule has 12 heavy (non-hydrogen) atoms. The van der Waals surface area contributed by atoms with Gasteiger partial charge in [-0.15, -0.1) is 0 Å². The van der Waals surface area contributed by atoms with Gasteiger partial charge in [-0.1, -0.05) is 0 Å². The maximum Gasteiger partial charge on any atom is 0.157 e. The Morgan fingerprint density at radius 1 is 1.08 bits per heavy atom. The van der Waals surface area contributed by atoms with Gasteiger partial charge in [0.2, 0.25) is 0 Å². The molecule has 66 valence electrons. The molecule has 0 aromatic heterocycles. The highest BCUT2D eigenvalue weighted by atomic mass is 32.2. The molecule has 0 saturated heterocycles. The highest BCUT2D eigenvalue weighted by Gasteiger charge is 2.13. The first-order chi connectivity index (χ1) is 5.52. The van der Waals surface area contributed by atoms with Crippen molar-refractivity contribution in [1.82, 2.24) is 0 Å². The fraction of sp³-hybridized carbons (Fsp3) is 0.400. The molecule has 0 aliphatic heterocycles. The molecular weight excluding hydrogens is 168 g/mol. The van der Waals surface area contributed by atoms with E-state index in [2.05, 4.69) is 18.6 Å². The summed E-state index contributed by atoms with van der Waals surface area (Å²) in [6.45, 7) is 3.98. The van der Waals surface area contributed by atoms with E-state index in [1.54, 1.807) is 0 Å². The molecule has 0 aliphatic carbocycles. The van der Waals surface area contributed by atoms with E-state index in [1.165, 1.54) is 10.5 Å². The summed E-state index contributed by atoms with van der Waals surface area (Å²) in [5.41, 5.74) is 2.16. The van der Waals surface area contributed by atoms with Crippen LogP contribution in [0.5, 0.6) is 5.75 Å². The first kappa shape index (κ1) is 9.46. The molecule has 0 aliphatic rings. The Labute approximate surface area is 76.8 Å². The van der Waals surface area contributed by atoms with E-state index in [0.717, 1.165) is 5.56 Å². The highest BCUT2D eigenvalue weighted by molar-refractivity contribution is 7.95. The topological polar surface area (TPSA) is 20.2 Å². The van der Waals surface area contributed by atoms with Crippen molar-refractivity contribution in [3.8, 4) is 5.75 Å². The third-order valence-electron chi connectivity index (χ3n) is 1.93. The van der Waals surface area contributed by atoms with E-state index in [1.807, 2.05) is 19.9 Å². The summed E-state index contributed by atoms with van der Waals surface area (Å²) in [6, 6.07) is 3.92. The molecule has 1 aromatic carbocycles. The zero-order valence-corrected chi connectivity index (χ0v) is 8.83. The summed E-state index contributed by atoms with van der Waals surface area (Å²) in [6.07, 6.45) is 4.39. The zero-order chi connectivity index (χ0) is 9.30. The van der Waals surface area contributed by atoms with Gasteiger partial charge in [0.1, 0.15) is 18.3 Å². The molecule has 2 heteroatoms. The van der Waals surface area contributed by atoms with Crippen LogP contribution in [-0.2, 0) is 10.9 Å². The van der Waals surface area contributed by atoms with Crippen molar-refractivity contribution in [2.24, 2.45) is 0 Å². The van der Waals surface area contributed by atoms with Gasteiger partial charge in [0, 0.05) is 16.5 Å². The van der Waals surface area contributed by atoms with Crippen LogP contribution in [0.3, 0.4) is 0 Å². The van der Waals surface area contributed by atoms with E-state index < -0.39 is 0 Å². The lowest BCUT2D eigenvalue weighted by Crippen LogP contribution is -1.99. The molecule has 0 radical (unpaired) electrons. The fourth-order valence-electron chi connectivity index (χ4n) is 1.21. The Morgan fingerprint density at radius 3 is 2.17 bits per heavy atom. The number of aryl methyl sites for hydroxylation is 2. The molecule has 0 amide bonds. The SMILES string of the molecule is Cc1cc([S+](C)C)c(C)cc1O. The van der Waals surface area contributed by atoms with Crippen molar-refractivity contribution >= 4 is 10.9 Å². The molecule has 1 rings (SSSR count). The Morgan fingerprint density at radius 2 is 1.67 bits per heavy atom. The normalized spacial score (nSPS) is 10.8. The van der Waals surface area contributed by atoms with Crippen molar-refractivity contribution in [2.45, 2.75) is 18.7 Å². The van der Waals surface area contributed by atoms with E-state index in [-0.39, 0.29) is 10.9 Å². The van der Waals surface area contributed by atoms with Gasteiger partial charge < -0.3 is 5.11 Å². The average molecular weight is 183 g/mol. The molecule has 1 N–H and O–H groups in total. The van der Waals surface area contributed by atoms with Gasteiger partial charge in [0.25, 0.3) is 0 Å². The van der Waals surface area contributed by atoms with Crippen LogP contribution in [0.25, 0.3) is 0 Å². The monoisotopic (exact) mass is 183 g/mol. The molecule has 1 aromatic rings. The maximum absolute atomic E-state index is 9.41. The number of hydrogen-bond acceptors (Lipinski definition) is 1. The second-order valence-electron chi connectivity index (χ2n) is 3.22. The molecule has 0 heterocycles. The Balaban J connectivity index is 3.23. The summed E-state index contributed by atoms with van der Waals surface area (Å²) in [7, 11) is 0.280. The van der Waals surface area contributed by atoms with Gasteiger partial charge in [-0.05, 0) is 31.5 Å². The van der Waals surface area contributed by atoms with E-state index in [9.17, 15) is 5.11 Å². The number of phenols is 1. The Hall–Kier alpha value is -0.630. The van der Waals surface area contributed by atoms with Crippen LogP contribution in [-0.4, -0.2) is 17.6 Å². The van der Waals surface area contributed by atoms with Crippen molar-refractivity contribution in [3.63, 3.8) is 0 Å². The molecular formula is C10H15OS+. The van der Waals surface area contributed by atoms with Gasteiger partial charge in [-0.2, -0.15) is 0 Å². The number of rotatable bonds is 1. The molecule has 0 bridgehead atoms. The fourth-order valence-corrected chi connectivity index (χ4v) is 2.33. The van der Waals surface area contributed by atoms with Crippen molar-refractivity contribution in [1.29, 1.82) is 0 Å². The van der Waals surface area contributed by atoms with Crippen LogP contribution in [0.2, 0.25) is 0 Å². The number of aromatic hydroxyl groups is 1. The number of hydrogen-bond donors (Lipinski definition) is 1. The second kappa shape index (κ2) is 3.40. The Bertz CT molecular complexity index is 292. The maximum atomic E-state index is 9.41. The minimum atomic E-state index is 0.280. The summed E-state index contributed by atoms with van der Waals surface area (Å²) in [5.74, 6) is 0.404. The van der Waals surface area contributed by atoms with Gasteiger partial charge >= 0.3 is 0 Å². The van der Waals surface area contributed by atoms with Crippen LogP contribution in [0.1, 0.15) is 11.1 Å². The third kappa shape index (κ3) is 1.75. The van der Waals surface area contributed by atoms with Crippen molar-refractivity contribution < 1.29 is 5.11 Å². The second-order valence-corrected chi connectivity index (χ2v) is 5.29. The quantitative estimate of drug-likeness (QED) is 0.662. The lowest BCUT2D eigenvalue weighted by Gasteiger charge is -2.04. The number of benzene rings is 1. The molecule has 0 fully saturated rings. The minimum absolute atomic E-state index is 0.280. The third-order valence-corrected chi connectivity index (χ3v) is 3.25. The van der Waals surface area contributed by atoms with Crippen molar-refractivity contribution in [3.05, 3.63) is 23.3 Å². The molecule has 0 unspecified atom stereocenters. The minimum Gasteiger partial charge on any atom is -0.508 e. The van der Waals surface area contributed by atoms with Gasteiger partial charge in [-0.25, -0.2) is 0 Å². The van der Waals surface area contributed by atoms with Crippen LogP contribution in [0, 0.1) is 13.8 Å².